The van der Waals surface area contributed by atoms with Crippen molar-refractivity contribution < 1.29 is 4.79 Å². The van der Waals surface area contributed by atoms with Crippen molar-refractivity contribution >= 4 is 20.6 Å². The number of hydrogen-bond donors (Lipinski definition) is 0. The Morgan fingerprint density at radius 1 is 1.80 bits per heavy atom. The maximum atomic E-state index is 10.7. The lowest BCUT2D eigenvalue weighted by Crippen LogP contribution is -2.02. The third-order valence-electron chi connectivity index (χ3n) is 1.28. The van der Waals surface area contributed by atoms with Crippen molar-refractivity contribution in [2.45, 2.75) is 19.5 Å². The minimum atomic E-state index is 0.0654. The van der Waals surface area contributed by atoms with E-state index < -0.39 is 0 Å². The molecule has 1 aliphatic rings. The van der Waals surface area contributed by atoms with Crippen molar-refractivity contribution in [2.24, 2.45) is 4.99 Å². The van der Waals surface area contributed by atoms with E-state index in [-0.39, 0.29) is 5.78 Å². The number of hydrogen-bond acceptors (Lipinski definition) is 2. The van der Waals surface area contributed by atoms with Gasteiger partial charge in [0.1, 0.15) is 5.70 Å². The zero-order valence-electron chi connectivity index (χ0n) is 6.09. The molecular weight excluding hydrogens is 145 g/mol. The van der Waals surface area contributed by atoms with Crippen molar-refractivity contribution in [2.75, 3.05) is 0 Å². The van der Waals surface area contributed by atoms with E-state index in [2.05, 4.69) is 11.9 Å². The van der Waals surface area contributed by atoms with Crippen molar-refractivity contribution in [3.05, 3.63) is 11.5 Å². The lowest BCUT2D eigenvalue weighted by molar-refractivity contribution is -0.113. The molecule has 1 aliphatic heterocycles. The summed E-state index contributed by atoms with van der Waals surface area (Å²) in [5.74, 6) is 1.99. The van der Waals surface area contributed by atoms with Crippen LogP contribution in [0.15, 0.2) is 16.5 Å². The molecule has 2 unspecified atom stereocenters. The van der Waals surface area contributed by atoms with Crippen LogP contribution in [-0.2, 0) is 4.79 Å². The highest BCUT2D eigenvalue weighted by molar-refractivity contribution is 7.43. The Hall–Kier alpha value is -0.490. The number of rotatable bonds is 1. The summed E-state index contributed by atoms with van der Waals surface area (Å²) in [5.41, 5.74) is 1.14. The Morgan fingerprint density at radius 2 is 2.50 bits per heavy atom. The minimum Gasteiger partial charge on any atom is -0.293 e. The van der Waals surface area contributed by atoms with Gasteiger partial charge in [0.05, 0.1) is 0 Å². The van der Waals surface area contributed by atoms with E-state index in [1.54, 1.807) is 6.92 Å². The van der Waals surface area contributed by atoms with Gasteiger partial charge >= 0.3 is 0 Å². The predicted octanol–water partition coefficient (Wildman–Crippen LogP) is 1.57. The van der Waals surface area contributed by atoms with Crippen LogP contribution in [0.25, 0.3) is 0 Å². The van der Waals surface area contributed by atoms with Gasteiger partial charge in [-0.05, 0) is 5.82 Å². The molecule has 0 bridgehead atoms. The second-order valence-corrected chi connectivity index (χ2v) is 3.85. The molecule has 1 heterocycles. The van der Waals surface area contributed by atoms with Crippen molar-refractivity contribution in [3.8, 4) is 0 Å². The van der Waals surface area contributed by atoms with Gasteiger partial charge in [0.15, 0.2) is 5.78 Å². The zero-order chi connectivity index (χ0) is 7.56. The van der Waals surface area contributed by atoms with Crippen LogP contribution < -0.4 is 0 Å². The van der Waals surface area contributed by atoms with Gasteiger partial charge in [-0.25, -0.2) is 0 Å². The number of Topliss-reactive ketones (excluding diaryl/α,β-unsaturated/α-hetero) is 1. The molecule has 2 atom stereocenters. The molecule has 54 valence electrons. The molecule has 10 heavy (non-hydrogen) atoms. The third kappa shape index (κ3) is 1.74. The van der Waals surface area contributed by atoms with Crippen LogP contribution in [0.4, 0.5) is 0 Å². The molecule has 0 saturated heterocycles. The standard InChI is InChI=1S/C7H10NOP/c1-5-3-8-7(4-10-5)6(2)9/h3-5,10H,1-2H3. The van der Waals surface area contributed by atoms with E-state index in [1.165, 1.54) is 0 Å². The summed E-state index contributed by atoms with van der Waals surface area (Å²) < 4.78 is 0. The summed E-state index contributed by atoms with van der Waals surface area (Å²) >= 11 is 0. The summed E-state index contributed by atoms with van der Waals surface area (Å²) in [4.78, 5) is 14.7. The highest BCUT2D eigenvalue weighted by Crippen LogP contribution is 2.25. The van der Waals surface area contributed by atoms with Crippen molar-refractivity contribution in [1.82, 2.24) is 0 Å². The normalized spacial score (nSPS) is 26.6. The Kier molecular flexibility index (Phi) is 2.34. The fourth-order valence-corrected chi connectivity index (χ4v) is 1.53. The highest BCUT2D eigenvalue weighted by atomic mass is 31.1. The Morgan fingerprint density at radius 3 is 2.90 bits per heavy atom. The van der Waals surface area contributed by atoms with E-state index in [9.17, 15) is 4.79 Å². The van der Waals surface area contributed by atoms with Gasteiger partial charge in [-0.3, -0.25) is 9.79 Å². The van der Waals surface area contributed by atoms with Crippen LogP contribution in [0.1, 0.15) is 13.8 Å². The summed E-state index contributed by atoms with van der Waals surface area (Å²) in [6.07, 6.45) is 1.84. The predicted molar refractivity (Wildman–Crippen MR) is 45.0 cm³/mol. The van der Waals surface area contributed by atoms with Crippen LogP contribution in [-0.4, -0.2) is 17.7 Å². The molecule has 1 rings (SSSR count). The number of nitrogens with zero attached hydrogens (tertiary/aromatic N) is 1. The summed E-state index contributed by atoms with van der Waals surface area (Å²) in [6.45, 7) is 3.64. The monoisotopic (exact) mass is 155 g/mol. The van der Waals surface area contributed by atoms with E-state index >= 15 is 0 Å². The zero-order valence-corrected chi connectivity index (χ0v) is 7.09. The van der Waals surface area contributed by atoms with E-state index in [0.29, 0.717) is 19.9 Å². The third-order valence-corrected chi connectivity index (χ3v) is 2.40. The van der Waals surface area contributed by atoms with Gasteiger partial charge in [-0.2, -0.15) is 0 Å². The maximum Gasteiger partial charge on any atom is 0.178 e. The average molecular weight is 155 g/mol. The molecule has 0 aromatic heterocycles. The maximum absolute atomic E-state index is 10.7. The van der Waals surface area contributed by atoms with Crippen molar-refractivity contribution in [1.29, 1.82) is 0 Å². The fraction of sp³-hybridized carbons (Fsp3) is 0.429. The molecule has 0 aromatic carbocycles. The molecule has 3 heteroatoms. The number of allylic oxidation sites excluding steroid dienone is 1. The Labute approximate surface area is 62.2 Å². The second-order valence-electron chi connectivity index (χ2n) is 2.32. The number of carbonyl (C=O) groups is 1. The molecule has 2 nitrogen and oxygen atoms in total. The van der Waals surface area contributed by atoms with Gasteiger partial charge in [0.25, 0.3) is 0 Å². The quantitative estimate of drug-likeness (QED) is 0.528. The summed E-state index contributed by atoms with van der Waals surface area (Å²) in [5, 5.41) is 0. The van der Waals surface area contributed by atoms with E-state index in [0.717, 1.165) is 0 Å². The average Bonchev–Trinajstić information content (AvgIpc) is 1.88. The molecule has 0 amide bonds. The van der Waals surface area contributed by atoms with Crippen LogP contribution in [0, 0.1) is 0 Å². The van der Waals surface area contributed by atoms with Crippen LogP contribution in [0.3, 0.4) is 0 Å². The van der Waals surface area contributed by atoms with Crippen molar-refractivity contribution in [3.63, 3.8) is 0 Å². The van der Waals surface area contributed by atoms with E-state index in [4.69, 9.17) is 0 Å². The van der Waals surface area contributed by atoms with Crippen LogP contribution in [0.2, 0.25) is 0 Å². The molecular formula is C7H10NOP. The lowest BCUT2D eigenvalue weighted by atomic mass is 10.3. The summed E-state index contributed by atoms with van der Waals surface area (Å²) in [7, 11) is 0.716. The summed E-state index contributed by atoms with van der Waals surface area (Å²) in [6, 6.07) is 0. The first-order chi connectivity index (χ1) is 4.70. The van der Waals surface area contributed by atoms with E-state index in [1.807, 2.05) is 12.0 Å². The molecule has 0 fully saturated rings. The Balaban J connectivity index is 2.67. The minimum absolute atomic E-state index is 0.0654. The number of carbonyl (C=O) groups excluding carboxylic acids is 1. The molecule has 0 aromatic rings. The first-order valence-electron chi connectivity index (χ1n) is 3.21. The molecule has 0 radical (unpaired) electrons. The largest absolute Gasteiger partial charge is 0.293 e. The fourth-order valence-electron chi connectivity index (χ4n) is 0.675. The molecule has 0 spiro atoms. The van der Waals surface area contributed by atoms with Crippen LogP contribution in [0.5, 0.6) is 0 Å². The second kappa shape index (κ2) is 3.07. The molecule has 0 N–H and O–H groups in total. The first-order valence-corrected chi connectivity index (χ1v) is 4.37. The highest BCUT2D eigenvalue weighted by Gasteiger charge is 2.06. The lowest BCUT2D eigenvalue weighted by Gasteiger charge is -2.07. The van der Waals surface area contributed by atoms with Gasteiger partial charge in [-0.15, -0.1) is 0 Å². The number of aliphatic imine (C=N–C) groups is 1. The Bertz CT molecular complexity index is 208. The van der Waals surface area contributed by atoms with Gasteiger partial charge in [0, 0.05) is 18.8 Å². The molecule has 0 aliphatic carbocycles. The molecule has 0 saturated carbocycles. The van der Waals surface area contributed by atoms with Crippen LogP contribution >= 0.6 is 8.58 Å². The van der Waals surface area contributed by atoms with Gasteiger partial charge < -0.3 is 0 Å². The van der Waals surface area contributed by atoms with Gasteiger partial charge in [0.2, 0.25) is 0 Å². The smallest absolute Gasteiger partial charge is 0.178 e. The topological polar surface area (TPSA) is 29.4 Å². The van der Waals surface area contributed by atoms with Gasteiger partial charge in [-0.1, -0.05) is 15.5 Å². The number of ketones is 1. The first kappa shape index (κ1) is 7.62. The SMILES string of the molecule is CC(=O)C1=CPC(C)C=N1.